The summed E-state index contributed by atoms with van der Waals surface area (Å²) in [4.78, 5) is 29.5. The lowest BCUT2D eigenvalue weighted by atomic mass is 10.1. The number of carbonyl (C=O) groups excluding carboxylic acids is 2. The van der Waals surface area contributed by atoms with Crippen LogP contribution < -0.4 is 5.32 Å². The summed E-state index contributed by atoms with van der Waals surface area (Å²) in [5.74, 6) is -0.860. The zero-order chi connectivity index (χ0) is 18.5. The second kappa shape index (κ2) is 8.12. The number of halogens is 1. The van der Waals surface area contributed by atoms with Crippen molar-refractivity contribution in [2.75, 3.05) is 11.9 Å². The van der Waals surface area contributed by atoms with E-state index in [1.54, 1.807) is 31.2 Å². The topological polar surface area (TPSA) is 68.3 Å². The third kappa shape index (κ3) is 3.92. The molecule has 132 valence electrons. The van der Waals surface area contributed by atoms with Crippen molar-refractivity contribution in [2.45, 2.75) is 6.92 Å². The summed E-state index contributed by atoms with van der Waals surface area (Å²) in [6.45, 7) is 1.99. The molecule has 0 radical (unpaired) electrons. The Morgan fingerprint density at radius 2 is 1.81 bits per heavy atom. The number of rotatable bonds is 5. The summed E-state index contributed by atoms with van der Waals surface area (Å²) in [5.41, 5.74) is 1.58. The summed E-state index contributed by atoms with van der Waals surface area (Å²) in [5, 5.41) is 3.35. The van der Waals surface area contributed by atoms with Crippen molar-refractivity contribution in [1.82, 2.24) is 4.98 Å². The first-order chi connectivity index (χ1) is 12.6. The van der Waals surface area contributed by atoms with Crippen molar-refractivity contribution in [3.63, 3.8) is 0 Å². The molecule has 0 aliphatic carbocycles. The Kier molecular flexibility index (Phi) is 5.65. The van der Waals surface area contributed by atoms with Gasteiger partial charge in [-0.25, -0.2) is 9.78 Å². The van der Waals surface area contributed by atoms with E-state index >= 15 is 0 Å². The average Bonchev–Trinajstić information content (AvgIpc) is 3.07. The van der Waals surface area contributed by atoms with Gasteiger partial charge in [0.2, 0.25) is 0 Å². The summed E-state index contributed by atoms with van der Waals surface area (Å²) in [7, 11) is 0. The Balaban J connectivity index is 1.95. The van der Waals surface area contributed by atoms with Gasteiger partial charge in [0.05, 0.1) is 22.9 Å². The molecule has 1 N–H and O–H groups in total. The molecule has 0 spiro atoms. The number of thiazole rings is 1. The molecule has 0 atom stereocenters. The van der Waals surface area contributed by atoms with Gasteiger partial charge < -0.3 is 4.74 Å². The van der Waals surface area contributed by atoms with Gasteiger partial charge >= 0.3 is 5.97 Å². The van der Waals surface area contributed by atoms with E-state index in [0.717, 1.165) is 16.9 Å². The second-order valence-electron chi connectivity index (χ2n) is 5.22. The molecule has 0 aliphatic heterocycles. The number of ether oxygens (including phenoxy) is 1. The lowest BCUT2D eigenvalue weighted by Gasteiger charge is -2.03. The third-order valence-corrected chi connectivity index (χ3v) is 4.75. The van der Waals surface area contributed by atoms with E-state index in [2.05, 4.69) is 10.3 Å². The van der Waals surface area contributed by atoms with Gasteiger partial charge in [-0.2, -0.15) is 0 Å². The van der Waals surface area contributed by atoms with Gasteiger partial charge in [-0.1, -0.05) is 65.4 Å². The molecule has 1 aromatic heterocycles. The van der Waals surface area contributed by atoms with Gasteiger partial charge in [-0.05, 0) is 19.1 Å². The molecule has 0 saturated heterocycles. The Labute approximate surface area is 159 Å². The molecular weight excluding hydrogens is 372 g/mol. The molecular formula is C19H15ClN2O3S. The van der Waals surface area contributed by atoms with E-state index in [4.69, 9.17) is 16.3 Å². The van der Waals surface area contributed by atoms with Crippen molar-refractivity contribution in [2.24, 2.45) is 0 Å². The normalized spacial score (nSPS) is 10.4. The molecule has 0 fully saturated rings. The van der Waals surface area contributed by atoms with Crippen LogP contribution in [-0.4, -0.2) is 23.5 Å². The standard InChI is InChI=1S/C19H15ClN2O3S/c1-2-25-18(24)16-15(12-8-4-3-5-9-12)21-19(26-16)22-17(23)13-10-6-7-11-14(13)20/h3-11H,2H2,1H3,(H,21,22,23). The van der Waals surface area contributed by atoms with Crippen LogP contribution in [0.3, 0.4) is 0 Å². The first-order valence-corrected chi connectivity index (χ1v) is 9.09. The minimum absolute atomic E-state index is 0.256. The molecule has 1 amide bonds. The maximum absolute atomic E-state index is 12.4. The van der Waals surface area contributed by atoms with Gasteiger partial charge in [-0.15, -0.1) is 0 Å². The first-order valence-electron chi connectivity index (χ1n) is 7.89. The maximum atomic E-state index is 12.4. The molecule has 3 aromatic rings. The van der Waals surface area contributed by atoms with Crippen LogP contribution in [0.5, 0.6) is 0 Å². The lowest BCUT2D eigenvalue weighted by molar-refractivity contribution is 0.0532. The summed E-state index contributed by atoms with van der Waals surface area (Å²) in [6.07, 6.45) is 0. The minimum atomic E-state index is -0.470. The van der Waals surface area contributed by atoms with Gasteiger partial charge in [-0.3, -0.25) is 10.1 Å². The highest BCUT2D eigenvalue weighted by molar-refractivity contribution is 7.18. The van der Waals surface area contributed by atoms with Crippen LogP contribution in [0.2, 0.25) is 5.02 Å². The number of carbonyl (C=O) groups is 2. The van der Waals surface area contributed by atoms with Crippen LogP contribution in [0, 0.1) is 0 Å². The van der Waals surface area contributed by atoms with Crippen molar-refractivity contribution in [3.05, 3.63) is 70.1 Å². The number of nitrogens with one attached hydrogen (secondary N) is 1. The van der Waals surface area contributed by atoms with Crippen LogP contribution >= 0.6 is 22.9 Å². The maximum Gasteiger partial charge on any atom is 0.350 e. The number of amides is 1. The molecule has 0 bridgehead atoms. The summed E-state index contributed by atoms with van der Waals surface area (Å²) < 4.78 is 5.11. The highest BCUT2D eigenvalue weighted by Crippen LogP contribution is 2.32. The Morgan fingerprint density at radius 1 is 1.12 bits per heavy atom. The number of hydrogen-bond acceptors (Lipinski definition) is 5. The molecule has 26 heavy (non-hydrogen) atoms. The molecule has 5 nitrogen and oxygen atoms in total. The van der Waals surface area contributed by atoms with Crippen LogP contribution in [0.25, 0.3) is 11.3 Å². The number of aromatic nitrogens is 1. The van der Waals surface area contributed by atoms with Crippen molar-refractivity contribution in [1.29, 1.82) is 0 Å². The molecule has 7 heteroatoms. The monoisotopic (exact) mass is 386 g/mol. The number of benzene rings is 2. The second-order valence-corrected chi connectivity index (χ2v) is 6.62. The number of esters is 1. The van der Waals surface area contributed by atoms with Gasteiger partial charge in [0, 0.05) is 5.56 Å². The Hall–Kier alpha value is -2.70. The molecule has 2 aromatic carbocycles. The average molecular weight is 387 g/mol. The quantitative estimate of drug-likeness (QED) is 0.634. The Morgan fingerprint density at radius 3 is 2.50 bits per heavy atom. The fourth-order valence-corrected chi connectivity index (χ4v) is 3.41. The Bertz CT molecular complexity index is 941. The molecule has 0 aliphatic rings. The van der Waals surface area contributed by atoms with E-state index < -0.39 is 5.97 Å². The SMILES string of the molecule is CCOC(=O)c1sc(NC(=O)c2ccccc2Cl)nc1-c1ccccc1. The van der Waals surface area contributed by atoms with Crippen LogP contribution in [-0.2, 0) is 4.74 Å². The van der Waals surface area contributed by atoms with Gasteiger partial charge in [0.25, 0.3) is 5.91 Å². The highest BCUT2D eigenvalue weighted by atomic mass is 35.5. The predicted molar refractivity (Wildman–Crippen MR) is 103 cm³/mol. The lowest BCUT2D eigenvalue weighted by Crippen LogP contribution is -2.12. The minimum Gasteiger partial charge on any atom is -0.462 e. The zero-order valence-corrected chi connectivity index (χ0v) is 15.4. The highest BCUT2D eigenvalue weighted by Gasteiger charge is 2.22. The van der Waals surface area contributed by atoms with E-state index in [0.29, 0.717) is 26.3 Å². The van der Waals surface area contributed by atoms with Gasteiger partial charge in [0.1, 0.15) is 4.88 Å². The van der Waals surface area contributed by atoms with Crippen LogP contribution in [0.15, 0.2) is 54.6 Å². The molecule has 3 rings (SSSR count). The van der Waals surface area contributed by atoms with E-state index in [1.165, 1.54) is 0 Å². The third-order valence-electron chi connectivity index (χ3n) is 3.47. The van der Waals surface area contributed by atoms with Crippen molar-refractivity contribution < 1.29 is 14.3 Å². The number of hydrogen-bond donors (Lipinski definition) is 1. The molecule has 1 heterocycles. The smallest absolute Gasteiger partial charge is 0.350 e. The van der Waals surface area contributed by atoms with E-state index in [1.807, 2.05) is 30.3 Å². The fraction of sp³-hybridized carbons (Fsp3) is 0.105. The van der Waals surface area contributed by atoms with Crippen LogP contribution in [0.4, 0.5) is 5.13 Å². The van der Waals surface area contributed by atoms with Crippen LogP contribution in [0.1, 0.15) is 27.0 Å². The number of anilines is 1. The fourth-order valence-electron chi connectivity index (χ4n) is 2.31. The molecule has 0 unspecified atom stereocenters. The predicted octanol–water partition coefficient (Wildman–Crippen LogP) is 4.89. The van der Waals surface area contributed by atoms with Crippen molar-refractivity contribution >= 4 is 39.9 Å². The van der Waals surface area contributed by atoms with Gasteiger partial charge in [0.15, 0.2) is 5.13 Å². The summed E-state index contributed by atoms with van der Waals surface area (Å²) in [6, 6.07) is 16.0. The first kappa shape index (κ1) is 18.1. The molecule has 0 saturated carbocycles. The van der Waals surface area contributed by atoms with Crippen molar-refractivity contribution in [3.8, 4) is 11.3 Å². The number of nitrogens with zero attached hydrogens (tertiary/aromatic N) is 1. The zero-order valence-electron chi connectivity index (χ0n) is 13.9. The summed E-state index contributed by atoms with van der Waals surface area (Å²) >= 11 is 7.13. The van der Waals surface area contributed by atoms with E-state index in [-0.39, 0.29) is 12.5 Å². The largest absolute Gasteiger partial charge is 0.462 e. The van der Waals surface area contributed by atoms with E-state index in [9.17, 15) is 9.59 Å².